The Morgan fingerprint density at radius 2 is 0.500 bits per heavy atom. The molecule has 24 heteroatoms. The van der Waals surface area contributed by atoms with Gasteiger partial charge >= 0.3 is 0 Å². The van der Waals surface area contributed by atoms with Gasteiger partial charge in [-0.1, -0.05) is 214 Å². The molecule has 9 rings (SSSR count). The second-order valence-electron chi connectivity index (χ2n) is 32.2. The third-order valence-electron chi connectivity index (χ3n) is 22.0. The van der Waals surface area contributed by atoms with Crippen LogP contribution in [0.5, 0.6) is 0 Å². The molecule has 8 bridgehead atoms. The molecule has 16 nitrogen and oxygen atoms in total. The summed E-state index contributed by atoms with van der Waals surface area (Å²) < 4.78 is 2.35. The maximum Gasteiger partial charge on any atom is 0.165 e. The van der Waals surface area contributed by atoms with E-state index >= 15 is 0 Å². The highest BCUT2D eigenvalue weighted by molar-refractivity contribution is 8.05. The quantitative estimate of drug-likeness (QED) is 0.0127. The number of rotatable bonds is 64. The molecule has 0 saturated carbocycles. The topological polar surface area (TPSA) is 198 Å². The molecule has 4 aromatic carbocycles. The van der Waals surface area contributed by atoms with Gasteiger partial charge in [0.05, 0.1) is 56.0 Å². The lowest BCUT2D eigenvalue weighted by Gasteiger charge is -2.24. The Bertz CT molecular complexity index is 4690. The van der Waals surface area contributed by atoms with Crippen molar-refractivity contribution in [2.45, 2.75) is 355 Å². The number of anilines is 7. The first-order valence-electron chi connectivity index (χ1n) is 47.9. The second-order valence-corrected chi connectivity index (χ2v) is 41.1. The molecule has 0 radical (unpaired) electrons. The zero-order chi connectivity index (χ0) is 85.4. The Morgan fingerprint density at radius 3 is 0.842 bits per heavy atom. The Kier molecular flexibility index (Phi) is 45.6. The maximum absolute atomic E-state index is 6.65. The van der Waals surface area contributed by atoms with Crippen LogP contribution in [0.25, 0.3) is 43.1 Å². The molecule has 0 saturated heterocycles. The molecule has 0 amide bonds. The average molecular weight is 1790 g/mol. The second kappa shape index (κ2) is 55.1. The summed E-state index contributed by atoms with van der Waals surface area (Å²) >= 11 is 16.6. The maximum atomic E-state index is 6.65. The summed E-state index contributed by atoms with van der Waals surface area (Å²) in [5.41, 5.74) is 14.8. The van der Waals surface area contributed by atoms with Crippen molar-refractivity contribution in [3.63, 3.8) is 0 Å². The van der Waals surface area contributed by atoms with Gasteiger partial charge in [0.25, 0.3) is 0 Å². The van der Waals surface area contributed by atoms with Gasteiger partial charge in [-0.25, -0.2) is 24.6 Å². The van der Waals surface area contributed by atoms with Gasteiger partial charge in [0, 0.05) is 118 Å². The number of unbranched alkanes of at least 4 members (excludes halogenated alkanes) is 16. The molecule has 8 aromatic rings. The van der Waals surface area contributed by atoms with Crippen molar-refractivity contribution in [2.75, 3.05) is 141 Å². The van der Waals surface area contributed by atoms with E-state index in [2.05, 4.69) is 273 Å². The third-order valence-corrected chi connectivity index (χ3v) is 32.3. The third kappa shape index (κ3) is 25.9. The summed E-state index contributed by atoms with van der Waals surface area (Å²) in [5, 5.41) is 38.2. The summed E-state index contributed by atoms with van der Waals surface area (Å²) in [6, 6.07) is 2.42. The lowest BCUT2D eigenvalue weighted by Crippen LogP contribution is -2.18. The molecule has 5 heterocycles. The van der Waals surface area contributed by atoms with E-state index in [1.54, 1.807) is 0 Å². The molecule has 1 aliphatic heterocycles. The van der Waals surface area contributed by atoms with Crippen molar-refractivity contribution in [3.05, 3.63) is 28.0 Å². The fourth-order valence-electron chi connectivity index (χ4n) is 14.8. The summed E-state index contributed by atoms with van der Waals surface area (Å²) in [5.74, 6) is 11.4. The molecule has 0 spiro atoms. The standard InChI is InChI=1S/C96H156N16S8/c1-17-33-49-97-67-65-66-68(76(99-51-35-19-3)75(67)98-50-34-18-2)90-105-89(66)106-91-71-72(82(114-58-42-26-10)86(118-62-46-30-14)85(117-61-45-29-13)81(71)113-57-41-25-9)92(107-91)108-93-73-74(84(116-60-44-28-12)88(120-64-48-32-16)87(119-63-47-31-15)83(73)115-59-43-27-11)94(109-93)111-96-70-69(95(110-90)112(96)104-56-40-24-8)77(100-52-36-20-4)79(102-54-38-22-6)80(103-55-39-23-7)78(70)101-53-37-21-5/h65,97-104H,17-64H2,1-16H3,(H3,105,106,107,108,109,110,111). The number of nitrogens with one attached hydrogen (secondary N) is 11. The van der Waals surface area contributed by atoms with Crippen LogP contribution in [0, 0.1) is 0 Å². The fraction of sp³-hybridized carbons (Fsp3) is 0.667. The normalized spacial score (nSPS) is 12.1. The first-order valence-corrected chi connectivity index (χ1v) is 55.8. The monoisotopic (exact) mass is 1790 g/mol. The number of aromatic amines is 3. The smallest absolute Gasteiger partial charge is 0.165 e. The number of fused-ring (bicyclic) bond motifs is 20. The minimum atomic E-state index is 0.686. The highest BCUT2D eigenvalue weighted by atomic mass is 32.2. The van der Waals surface area contributed by atoms with E-state index in [0.717, 1.165) is 404 Å². The highest BCUT2D eigenvalue weighted by Crippen LogP contribution is 2.58. The highest BCUT2D eigenvalue weighted by Gasteiger charge is 2.34. The molecule has 0 unspecified atom stereocenters. The predicted octanol–water partition coefficient (Wildman–Crippen LogP) is 30.2. The fourth-order valence-corrected chi connectivity index (χ4v) is 26.5. The number of aromatic nitrogens is 4. The Balaban J connectivity index is 1.79. The van der Waals surface area contributed by atoms with Crippen molar-refractivity contribution in [1.29, 1.82) is 0 Å². The summed E-state index contributed by atoms with van der Waals surface area (Å²) in [7, 11) is 0. The molecule has 0 atom stereocenters. The van der Waals surface area contributed by atoms with Crippen molar-refractivity contribution in [2.24, 2.45) is 20.0 Å². The number of hydrogen-bond acceptors (Lipinski definition) is 20. The van der Waals surface area contributed by atoms with Crippen LogP contribution in [0.2, 0.25) is 0 Å². The Labute approximate surface area is 758 Å². The van der Waals surface area contributed by atoms with Crippen LogP contribution in [0.1, 0.15) is 316 Å². The summed E-state index contributed by atoms with van der Waals surface area (Å²) in [6.45, 7) is 43.6. The van der Waals surface area contributed by atoms with Crippen LogP contribution in [-0.4, -0.2) is 118 Å². The number of thioether (sulfide) groups is 8. The van der Waals surface area contributed by atoms with Crippen LogP contribution in [0.15, 0.2) is 65.2 Å². The van der Waals surface area contributed by atoms with Crippen molar-refractivity contribution >= 4 is 200 Å². The minimum absolute atomic E-state index is 0.686. The molecule has 0 aliphatic carbocycles. The van der Waals surface area contributed by atoms with E-state index in [-0.39, 0.29) is 0 Å². The first kappa shape index (κ1) is 99.2. The minimum Gasteiger partial charge on any atom is -0.383 e. The van der Waals surface area contributed by atoms with Gasteiger partial charge < -0.3 is 57.6 Å². The number of H-pyrrole nitrogens is 3. The van der Waals surface area contributed by atoms with Gasteiger partial charge in [-0.05, 0) is 155 Å². The Morgan fingerprint density at radius 1 is 0.242 bits per heavy atom. The van der Waals surface area contributed by atoms with E-state index < -0.39 is 0 Å². The van der Waals surface area contributed by atoms with Crippen LogP contribution >= 0.6 is 94.1 Å². The number of nitrogens with zero attached hydrogens (tertiary/aromatic N) is 5. The molecule has 668 valence electrons. The van der Waals surface area contributed by atoms with Gasteiger partial charge in [0.15, 0.2) is 11.6 Å². The number of benzene rings is 4. The van der Waals surface area contributed by atoms with Crippen LogP contribution in [0.4, 0.5) is 63.1 Å². The van der Waals surface area contributed by atoms with E-state index in [1.807, 2.05) is 0 Å². The zero-order valence-electron chi connectivity index (χ0n) is 77.0. The molecule has 4 aromatic heterocycles. The predicted molar refractivity (Wildman–Crippen MR) is 548 cm³/mol. The Hall–Kier alpha value is -4.56. The average Bonchev–Trinajstić information content (AvgIpc) is 1.54. The van der Waals surface area contributed by atoms with E-state index in [9.17, 15) is 0 Å². The van der Waals surface area contributed by atoms with Gasteiger partial charge in [-0.3, -0.25) is 0 Å². The van der Waals surface area contributed by atoms with Crippen LogP contribution in [0.3, 0.4) is 0 Å². The summed E-state index contributed by atoms with van der Waals surface area (Å²) in [6.07, 6.45) is 34.4. The molecule has 0 fully saturated rings. The summed E-state index contributed by atoms with van der Waals surface area (Å²) in [4.78, 5) is 50.1. The largest absolute Gasteiger partial charge is 0.383 e. The van der Waals surface area contributed by atoms with Crippen LogP contribution < -0.4 is 64.6 Å². The van der Waals surface area contributed by atoms with Gasteiger partial charge in [-0.15, -0.1) is 94.1 Å². The zero-order valence-corrected chi connectivity index (χ0v) is 83.6. The van der Waals surface area contributed by atoms with Gasteiger partial charge in [0.2, 0.25) is 0 Å². The number of hydrogen-bond donors (Lipinski definition) is 11. The van der Waals surface area contributed by atoms with Gasteiger partial charge in [0.1, 0.15) is 33.6 Å². The molecular weight excluding hydrogens is 1630 g/mol. The molecule has 11 N–H and O–H groups in total. The lowest BCUT2D eigenvalue weighted by molar-refractivity contribution is 0.755. The first-order chi connectivity index (χ1) is 59.0. The van der Waals surface area contributed by atoms with Gasteiger partial charge in [-0.2, -0.15) is 0 Å². The van der Waals surface area contributed by atoms with E-state index in [1.165, 1.54) is 60.7 Å². The molecule has 120 heavy (non-hydrogen) atoms. The van der Waals surface area contributed by atoms with E-state index in [0.29, 0.717) is 6.54 Å². The van der Waals surface area contributed by atoms with Crippen LogP contribution in [-0.2, 0) is 0 Å². The molecule has 1 aliphatic rings. The van der Waals surface area contributed by atoms with Crippen molar-refractivity contribution in [3.8, 4) is 0 Å². The lowest BCUT2D eigenvalue weighted by atomic mass is 10.0. The molecular formula is C96H156N16S8. The van der Waals surface area contributed by atoms with Crippen molar-refractivity contribution in [1.82, 2.24) is 19.6 Å². The van der Waals surface area contributed by atoms with E-state index in [4.69, 9.17) is 20.0 Å². The van der Waals surface area contributed by atoms with Crippen molar-refractivity contribution < 1.29 is 0 Å². The SMILES string of the molecule is CCCCNc1cc2c3[nH]c(c2c(NCCCC)c1NCCCC)=Nc1c2c(NCCCC)c(NCCCC)c(NCCCC)c(NCCCC)c2c(n1NCCCC)N=c1[nH]c(c2c(SCCCC)c(SCCCC)c(SCCCC)c(SCCCC)c12)=Nc1[nH]c(c2c(SCCCC)c(SCCCC)c(SCCCC)c(SCCCC)c12)N=3.